The third kappa shape index (κ3) is 1.63. The number of thiophene rings is 1. The number of nitrogens with zero attached hydrogens (tertiary/aromatic N) is 2. The summed E-state index contributed by atoms with van der Waals surface area (Å²) in [6, 6.07) is 5.13. The Balaban J connectivity index is 2.90. The Labute approximate surface area is 68.3 Å². The monoisotopic (exact) mass is 166 g/mol. The number of nitroso groups, excluding NO2 is 1. The maximum atomic E-state index is 10.1. The predicted octanol–water partition coefficient (Wildman–Crippen LogP) is 2.45. The largest absolute Gasteiger partial charge is 0.192 e. The van der Waals surface area contributed by atoms with Crippen LogP contribution in [-0.4, -0.2) is 0 Å². The van der Waals surface area contributed by atoms with Crippen molar-refractivity contribution < 1.29 is 0 Å². The van der Waals surface area contributed by atoms with E-state index in [1.807, 2.05) is 6.07 Å². The van der Waals surface area contributed by atoms with Gasteiger partial charge in [-0.3, -0.25) is 0 Å². The summed E-state index contributed by atoms with van der Waals surface area (Å²) in [6.45, 7) is 1.71. The highest BCUT2D eigenvalue weighted by Gasteiger charge is 2.07. The summed E-state index contributed by atoms with van der Waals surface area (Å²) >= 11 is 1.31. The molecule has 0 aliphatic rings. The van der Waals surface area contributed by atoms with Crippen molar-refractivity contribution in [3.63, 3.8) is 0 Å². The van der Waals surface area contributed by atoms with Crippen molar-refractivity contribution in [1.82, 2.24) is 0 Å². The van der Waals surface area contributed by atoms with Crippen LogP contribution in [0.15, 0.2) is 17.3 Å². The second kappa shape index (κ2) is 3.26. The molecule has 11 heavy (non-hydrogen) atoms. The number of rotatable bonds is 2. The normalized spacial score (nSPS) is 12.0. The third-order valence-electron chi connectivity index (χ3n) is 1.31. The molecule has 1 rings (SSSR count). The lowest BCUT2D eigenvalue weighted by molar-refractivity contribution is 0.831. The van der Waals surface area contributed by atoms with Gasteiger partial charge in [0.2, 0.25) is 0 Å². The molecule has 0 fully saturated rings. The first kappa shape index (κ1) is 7.89. The zero-order valence-corrected chi connectivity index (χ0v) is 6.76. The molecule has 1 atom stereocenters. The van der Waals surface area contributed by atoms with Crippen LogP contribution in [0.4, 0.5) is 0 Å². The van der Waals surface area contributed by atoms with Gasteiger partial charge in [-0.05, 0) is 19.1 Å². The molecule has 0 amide bonds. The summed E-state index contributed by atoms with van der Waals surface area (Å²) in [6.07, 6.45) is 0. The molecular formula is C7H6N2OS. The summed E-state index contributed by atoms with van der Waals surface area (Å²) in [5, 5.41) is 11.3. The average molecular weight is 166 g/mol. The fourth-order valence-electron chi connectivity index (χ4n) is 0.689. The lowest BCUT2D eigenvalue weighted by atomic mass is 10.3. The summed E-state index contributed by atoms with van der Waals surface area (Å²) in [4.78, 5) is 11.5. The minimum atomic E-state index is -0.331. The Morgan fingerprint density at radius 3 is 2.91 bits per heavy atom. The van der Waals surface area contributed by atoms with Crippen LogP contribution in [0.5, 0.6) is 0 Å². The van der Waals surface area contributed by atoms with Crippen LogP contribution >= 0.6 is 11.3 Å². The van der Waals surface area contributed by atoms with Crippen molar-refractivity contribution in [1.29, 1.82) is 5.26 Å². The topological polar surface area (TPSA) is 53.2 Å². The number of nitriles is 1. The Morgan fingerprint density at radius 2 is 2.45 bits per heavy atom. The van der Waals surface area contributed by atoms with E-state index in [0.717, 1.165) is 4.88 Å². The van der Waals surface area contributed by atoms with Crippen molar-refractivity contribution in [2.45, 2.75) is 13.0 Å². The molecule has 0 aliphatic carbocycles. The molecular weight excluding hydrogens is 160 g/mol. The van der Waals surface area contributed by atoms with Gasteiger partial charge in [0.25, 0.3) is 0 Å². The molecule has 0 radical (unpaired) electrons. The van der Waals surface area contributed by atoms with Gasteiger partial charge in [0.1, 0.15) is 17.0 Å². The third-order valence-corrected chi connectivity index (χ3v) is 2.47. The van der Waals surface area contributed by atoms with Crippen LogP contribution in [0.25, 0.3) is 0 Å². The van der Waals surface area contributed by atoms with E-state index in [2.05, 4.69) is 5.18 Å². The van der Waals surface area contributed by atoms with E-state index >= 15 is 0 Å². The molecule has 0 aromatic carbocycles. The van der Waals surface area contributed by atoms with Crippen molar-refractivity contribution in [2.75, 3.05) is 0 Å². The minimum absolute atomic E-state index is 0.331. The molecule has 0 spiro atoms. The molecule has 1 unspecified atom stereocenters. The molecule has 1 heterocycles. The van der Waals surface area contributed by atoms with Crippen LogP contribution in [0.3, 0.4) is 0 Å². The lowest BCUT2D eigenvalue weighted by Crippen LogP contribution is -1.80. The van der Waals surface area contributed by atoms with Gasteiger partial charge in [-0.1, -0.05) is 5.18 Å². The molecule has 3 nitrogen and oxygen atoms in total. The van der Waals surface area contributed by atoms with Crippen LogP contribution in [0.2, 0.25) is 0 Å². The SMILES string of the molecule is CC(N=O)c1ccc(C#N)s1. The molecule has 0 saturated heterocycles. The molecule has 0 bridgehead atoms. The van der Waals surface area contributed by atoms with Crippen molar-refractivity contribution in [2.24, 2.45) is 5.18 Å². The summed E-state index contributed by atoms with van der Waals surface area (Å²) < 4.78 is 0. The predicted molar refractivity (Wildman–Crippen MR) is 43.2 cm³/mol. The van der Waals surface area contributed by atoms with E-state index in [0.29, 0.717) is 4.88 Å². The molecule has 0 saturated carbocycles. The summed E-state index contributed by atoms with van der Waals surface area (Å²) in [5.74, 6) is 0. The van der Waals surface area contributed by atoms with E-state index in [-0.39, 0.29) is 6.04 Å². The first-order valence-corrected chi connectivity index (χ1v) is 3.92. The van der Waals surface area contributed by atoms with Gasteiger partial charge in [-0.25, -0.2) is 0 Å². The fraction of sp³-hybridized carbons (Fsp3) is 0.286. The number of hydrogen-bond acceptors (Lipinski definition) is 4. The standard InChI is InChI=1S/C7H6N2OS/c1-5(9-10)7-3-2-6(4-8)11-7/h2-3,5H,1H3. The zero-order valence-electron chi connectivity index (χ0n) is 5.94. The van der Waals surface area contributed by atoms with Gasteiger partial charge >= 0.3 is 0 Å². The second-order valence-corrected chi connectivity index (χ2v) is 3.21. The first-order chi connectivity index (χ1) is 5.27. The van der Waals surface area contributed by atoms with Gasteiger partial charge in [0.05, 0.1) is 0 Å². The van der Waals surface area contributed by atoms with Gasteiger partial charge in [-0.2, -0.15) is 10.2 Å². The van der Waals surface area contributed by atoms with Crippen molar-refractivity contribution in [3.8, 4) is 6.07 Å². The van der Waals surface area contributed by atoms with Crippen LogP contribution in [-0.2, 0) is 0 Å². The number of hydrogen-bond donors (Lipinski definition) is 0. The molecule has 0 aliphatic heterocycles. The van der Waals surface area contributed by atoms with Crippen molar-refractivity contribution in [3.05, 3.63) is 26.8 Å². The molecule has 56 valence electrons. The summed E-state index contributed by atoms with van der Waals surface area (Å²) in [7, 11) is 0. The Kier molecular flexibility index (Phi) is 2.34. The first-order valence-electron chi connectivity index (χ1n) is 3.10. The maximum absolute atomic E-state index is 10.1. The van der Waals surface area contributed by atoms with E-state index in [9.17, 15) is 4.91 Å². The molecule has 1 aromatic heterocycles. The highest BCUT2D eigenvalue weighted by molar-refractivity contribution is 7.12. The van der Waals surface area contributed by atoms with E-state index < -0.39 is 0 Å². The van der Waals surface area contributed by atoms with Gasteiger partial charge in [-0.15, -0.1) is 11.3 Å². The van der Waals surface area contributed by atoms with Crippen LogP contribution in [0, 0.1) is 16.2 Å². The zero-order chi connectivity index (χ0) is 8.27. The average Bonchev–Trinajstić information content (AvgIpc) is 2.50. The molecule has 4 heteroatoms. The van der Waals surface area contributed by atoms with Gasteiger partial charge in [0, 0.05) is 4.88 Å². The highest BCUT2D eigenvalue weighted by atomic mass is 32.1. The van der Waals surface area contributed by atoms with Crippen LogP contribution in [0.1, 0.15) is 22.7 Å². The molecule has 0 N–H and O–H groups in total. The minimum Gasteiger partial charge on any atom is -0.192 e. The highest BCUT2D eigenvalue weighted by Crippen LogP contribution is 2.24. The smallest absolute Gasteiger partial charge is 0.123 e. The van der Waals surface area contributed by atoms with Crippen molar-refractivity contribution >= 4 is 11.3 Å². The Bertz CT molecular complexity index is 300. The van der Waals surface area contributed by atoms with E-state index in [1.54, 1.807) is 19.1 Å². The molecule has 1 aromatic rings. The van der Waals surface area contributed by atoms with Gasteiger partial charge in [0.15, 0.2) is 0 Å². The van der Waals surface area contributed by atoms with E-state index in [1.165, 1.54) is 11.3 Å². The quantitative estimate of drug-likeness (QED) is 0.633. The second-order valence-electron chi connectivity index (χ2n) is 2.10. The van der Waals surface area contributed by atoms with E-state index in [4.69, 9.17) is 5.26 Å². The Hall–Kier alpha value is -1.21. The maximum Gasteiger partial charge on any atom is 0.123 e. The fourth-order valence-corrected chi connectivity index (χ4v) is 1.47. The lowest BCUT2D eigenvalue weighted by Gasteiger charge is -1.93. The van der Waals surface area contributed by atoms with Crippen LogP contribution < -0.4 is 0 Å². The summed E-state index contributed by atoms with van der Waals surface area (Å²) in [5.41, 5.74) is 0. The Morgan fingerprint density at radius 1 is 1.73 bits per heavy atom. The van der Waals surface area contributed by atoms with Gasteiger partial charge < -0.3 is 0 Å².